The molecule has 0 bridgehead atoms. The van der Waals surface area contributed by atoms with E-state index in [1.54, 1.807) is 36.4 Å². The van der Waals surface area contributed by atoms with Gasteiger partial charge in [0, 0.05) is 41.8 Å². The van der Waals surface area contributed by atoms with E-state index in [9.17, 15) is 47.9 Å². The molecular weight excluding hydrogens is 672 g/mol. The van der Waals surface area contributed by atoms with E-state index in [-0.39, 0.29) is 36.3 Å². The third kappa shape index (κ3) is 20.6. The van der Waals surface area contributed by atoms with Crippen LogP contribution >= 0.6 is 0 Å². The van der Waals surface area contributed by atoms with Gasteiger partial charge in [-0.3, -0.25) is 38.4 Å². The number of carboxylic acids is 6. The molecule has 0 radical (unpaired) electrons. The van der Waals surface area contributed by atoms with E-state index in [1.807, 2.05) is 0 Å². The molecule has 0 saturated carbocycles. The van der Waals surface area contributed by atoms with Crippen LogP contribution < -0.4 is 22.9 Å². The molecule has 2 aromatic rings. The second-order valence-electron chi connectivity index (χ2n) is 9.57. The monoisotopic (exact) mass is 708 g/mol. The molecule has 20 heteroatoms. The molecule has 0 amide bonds. The molecule has 0 aliphatic rings. The molecule has 0 aliphatic carbocycles. The van der Waals surface area contributed by atoms with Gasteiger partial charge in [0.1, 0.15) is 12.1 Å². The maximum Gasteiger partial charge on any atom is 0.372 e. The van der Waals surface area contributed by atoms with Gasteiger partial charge >= 0.3 is 35.8 Å². The number of carbonyl (C=O) groups excluding carboxylic acids is 4. The third-order valence-corrected chi connectivity index (χ3v) is 5.60. The zero-order valence-electron chi connectivity index (χ0n) is 26.1. The van der Waals surface area contributed by atoms with Crippen LogP contribution in [0.2, 0.25) is 0 Å². The fourth-order valence-electron chi connectivity index (χ4n) is 2.95. The van der Waals surface area contributed by atoms with E-state index in [4.69, 9.17) is 53.6 Å². The lowest BCUT2D eigenvalue weighted by Crippen LogP contribution is -2.32. The Hall–Kier alpha value is -6.54. The Labute approximate surface area is 282 Å². The fourth-order valence-corrected chi connectivity index (χ4v) is 2.95. The Morgan fingerprint density at radius 2 is 0.920 bits per heavy atom. The van der Waals surface area contributed by atoms with Crippen LogP contribution in [0.25, 0.3) is 0 Å². The molecule has 272 valence electrons. The fraction of sp³-hybridized carbons (Fsp3) is 0.267. The van der Waals surface area contributed by atoms with Gasteiger partial charge in [-0.15, -0.1) is 0 Å². The van der Waals surface area contributed by atoms with Crippen molar-refractivity contribution in [2.45, 2.75) is 50.6 Å². The summed E-state index contributed by atoms with van der Waals surface area (Å²) >= 11 is 0. The first kappa shape index (κ1) is 45.6. The quantitative estimate of drug-likeness (QED) is 0.0455. The van der Waals surface area contributed by atoms with Gasteiger partial charge in [-0.2, -0.15) is 0 Å². The van der Waals surface area contributed by atoms with E-state index in [0.29, 0.717) is 11.3 Å². The Balaban J connectivity index is 0. The van der Waals surface area contributed by atoms with E-state index >= 15 is 0 Å². The third-order valence-electron chi connectivity index (χ3n) is 5.60. The molecule has 2 atom stereocenters. The highest BCUT2D eigenvalue weighted by Crippen LogP contribution is 2.14. The number of Topliss-reactive ketones (excluding diaryl/α,β-unsaturated/α-hetero) is 4. The minimum atomic E-state index is -1.61. The number of benzene rings is 2. The lowest BCUT2D eigenvalue weighted by atomic mass is 10.0. The number of carbonyl (C=O) groups is 10. The normalized spacial score (nSPS) is 10.8. The summed E-state index contributed by atoms with van der Waals surface area (Å²) in [6.45, 7) is 0. The van der Waals surface area contributed by atoms with Crippen LogP contribution in [0.3, 0.4) is 0 Å². The van der Waals surface area contributed by atoms with Crippen molar-refractivity contribution in [1.29, 1.82) is 0 Å². The number of anilines is 2. The van der Waals surface area contributed by atoms with Crippen LogP contribution in [0.4, 0.5) is 11.4 Å². The van der Waals surface area contributed by atoms with Gasteiger partial charge < -0.3 is 53.6 Å². The van der Waals surface area contributed by atoms with E-state index < -0.39 is 84.5 Å². The van der Waals surface area contributed by atoms with Gasteiger partial charge in [0.15, 0.2) is 11.6 Å². The highest BCUT2D eigenvalue weighted by atomic mass is 16.4. The summed E-state index contributed by atoms with van der Waals surface area (Å²) in [5, 5.41) is 49.1. The molecular formula is C30H36N4O16. The van der Waals surface area contributed by atoms with E-state index in [1.165, 1.54) is 12.1 Å². The van der Waals surface area contributed by atoms with Crippen molar-refractivity contribution in [3.8, 4) is 0 Å². The lowest BCUT2D eigenvalue weighted by Gasteiger charge is -2.07. The molecule has 0 spiro atoms. The van der Waals surface area contributed by atoms with Crippen LogP contribution in [0.1, 0.15) is 59.2 Å². The minimum absolute atomic E-state index is 0.0231. The average Bonchev–Trinajstić information content (AvgIpc) is 3.03. The zero-order chi connectivity index (χ0) is 39.1. The predicted molar refractivity (Wildman–Crippen MR) is 170 cm³/mol. The highest BCUT2D eigenvalue weighted by Gasteiger charge is 2.20. The Morgan fingerprint density at radius 3 is 1.28 bits per heavy atom. The maximum atomic E-state index is 11.6. The standard InChI is InChI=1S/C10H12N2O3.C10H9NO4.C5H9NO4.C5H6O5/c11-7-4-2-1-3-6(7)9(13)5-8(12)10(14)15;11-7-4-2-1-3-6(7)8(12)5-9(13)10(14)15;2*6-3(5(9)10)1-2-4(7)8/h1-4,8H,5,11-12H2,(H,14,15);1-4H,5,11H2,(H,14,15);3H,1-2,6H2,(H,7,8)(H,9,10);1-2H2,(H,7,8)(H,9,10)/t;;3-;/m..0./s1. The summed E-state index contributed by atoms with van der Waals surface area (Å²) < 4.78 is 0. The number of nitrogen functional groups attached to an aromatic ring is 2. The number of ketones is 4. The van der Waals surface area contributed by atoms with Crippen LogP contribution in [-0.4, -0.2) is 102 Å². The molecule has 0 aliphatic heterocycles. The molecule has 50 heavy (non-hydrogen) atoms. The van der Waals surface area contributed by atoms with Crippen molar-refractivity contribution in [3.05, 3.63) is 59.7 Å². The van der Waals surface area contributed by atoms with Crippen LogP contribution in [0, 0.1) is 0 Å². The van der Waals surface area contributed by atoms with Gasteiger partial charge in [0.2, 0.25) is 11.6 Å². The molecule has 2 aromatic carbocycles. The number of hydrogen-bond acceptors (Lipinski definition) is 14. The molecule has 0 saturated heterocycles. The molecule has 0 aromatic heterocycles. The van der Waals surface area contributed by atoms with Gasteiger partial charge in [-0.1, -0.05) is 24.3 Å². The number of para-hydroxylation sites is 2. The van der Waals surface area contributed by atoms with E-state index in [2.05, 4.69) is 0 Å². The average molecular weight is 709 g/mol. The zero-order valence-corrected chi connectivity index (χ0v) is 26.1. The highest BCUT2D eigenvalue weighted by molar-refractivity contribution is 6.37. The predicted octanol–water partition coefficient (Wildman–Crippen LogP) is -0.483. The van der Waals surface area contributed by atoms with Gasteiger partial charge in [-0.25, -0.2) is 9.59 Å². The van der Waals surface area contributed by atoms with Gasteiger partial charge in [-0.05, 0) is 30.7 Å². The van der Waals surface area contributed by atoms with Gasteiger partial charge in [0.25, 0.3) is 0 Å². The van der Waals surface area contributed by atoms with Crippen molar-refractivity contribution in [1.82, 2.24) is 0 Å². The topological polar surface area (TPSA) is 396 Å². The second-order valence-corrected chi connectivity index (χ2v) is 9.57. The Kier molecular flexibility index (Phi) is 21.6. The molecule has 2 rings (SSSR count). The summed E-state index contributed by atoms with van der Waals surface area (Å²) in [4.78, 5) is 104. The molecule has 20 nitrogen and oxygen atoms in total. The first-order chi connectivity index (χ1) is 23.1. The number of carboxylic acid groups (broad SMARTS) is 6. The van der Waals surface area contributed by atoms with Crippen molar-refractivity contribution in [2.75, 3.05) is 11.5 Å². The summed E-state index contributed by atoms with van der Waals surface area (Å²) in [7, 11) is 0. The molecule has 0 fully saturated rings. The first-order valence-electron chi connectivity index (χ1n) is 13.8. The summed E-state index contributed by atoms with van der Waals surface area (Å²) in [5.41, 5.74) is 22.4. The van der Waals surface area contributed by atoms with Crippen molar-refractivity contribution in [2.24, 2.45) is 11.5 Å². The SMILES string of the molecule is N[C@@H](CCC(=O)O)C(=O)O.Nc1ccccc1C(=O)CC(=O)C(=O)O.Nc1ccccc1C(=O)CC(N)C(=O)O.O=C(O)CCC(=O)C(=O)O. The molecule has 1 unspecified atom stereocenters. The largest absolute Gasteiger partial charge is 0.481 e. The smallest absolute Gasteiger partial charge is 0.372 e. The van der Waals surface area contributed by atoms with Crippen molar-refractivity contribution in [3.63, 3.8) is 0 Å². The number of hydrogen-bond donors (Lipinski definition) is 10. The van der Waals surface area contributed by atoms with Crippen molar-refractivity contribution < 1.29 is 78.6 Å². The lowest BCUT2D eigenvalue weighted by molar-refractivity contribution is -0.150. The maximum absolute atomic E-state index is 11.6. The Bertz CT molecular complexity index is 1570. The summed E-state index contributed by atoms with van der Waals surface area (Å²) in [6, 6.07) is 10.4. The molecule has 14 N–H and O–H groups in total. The second kappa shape index (κ2) is 23.7. The minimum Gasteiger partial charge on any atom is -0.481 e. The van der Waals surface area contributed by atoms with Crippen LogP contribution in [-0.2, 0) is 38.4 Å². The van der Waals surface area contributed by atoms with Crippen LogP contribution in [0.15, 0.2) is 48.5 Å². The van der Waals surface area contributed by atoms with E-state index in [0.717, 1.165) is 0 Å². The summed E-state index contributed by atoms with van der Waals surface area (Å²) in [5.74, 6) is -10.9. The summed E-state index contributed by atoms with van der Waals surface area (Å²) in [6.07, 6.45) is -2.00. The molecule has 0 heterocycles. The first-order valence-corrected chi connectivity index (χ1v) is 13.8. The number of rotatable bonds is 16. The van der Waals surface area contributed by atoms with Crippen LogP contribution in [0.5, 0.6) is 0 Å². The number of aliphatic carboxylic acids is 6. The number of nitrogens with two attached hydrogens (primary N) is 4. The van der Waals surface area contributed by atoms with Gasteiger partial charge in [0.05, 0.1) is 12.8 Å². The van der Waals surface area contributed by atoms with Crippen molar-refractivity contribution >= 4 is 70.3 Å². The Morgan fingerprint density at radius 1 is 0.520 bits per heavy atom.